The van der Waals surface area contributed by atoms with Crippen LogP contribution in [-0.4, -0.2) is 22.7 Å². The number of rotatable bonds is 4. The SMILES string of the molecule is COc1cccc(C(=O)Cc2c(C)nn(C)c2C)c1F. The number of carbonyl (C=O) groups excluding carboxylic acids is 1. The van der Waals surface area contributed by atoms with Crippen molar-refractivity contribution in [3.05, 3.63) is 46.5 Å². The molecule has 1 aromatic heterocycles. The first-order valence-electron chi connectivity index (χ1n) is 6.30. The number of hydrogen-bond donors (Lipinski definition) is 0. The van der Waals surface area contributed by atoms with Crippen LogP contribution in [0, 0.1) is 19.7 Å². The third kappa shape index (κ3) is 2.43. The maximum atomic E-state index is 14.1. The molecule has 0 atom stereocenters. The first-order chi connectivity index (χ1) is 9.45. The van der Waals surface area contributed by atoms with E-state index in [-0.39, 0.29) is 23.5 Å². The summed E-state index contributed by atoms with van der Waals surface area (Å²) in [5, 5.41) is 4.26. The lowest BCUT2D eigenvalue weighted by molar-refractivity contribution is 0.0988. The average Bonchev–Trinajstić information content (AvgIpc) is 2.65. The molecule has 0 unspecified atom stereocenters. The number of nitrogens with zero attached hydrogens (tertiary/aromatic N) is 2. The van der Waals surface area contributed by atoms with Gasteiger partial charge in [-0.05, 0) is 26.0 Å². The van der Waals surface area contributed by atoms with E-state index < -0.39 is 5.82 Å². The maximum Gasteiger partial charge on any atom is 0.175 e. The number of ether oxygens (including phenoxy) is 1. The van der Waals surface area contributed by atoms with Crippen LogP contribution in [0.25, 0.3) is 0 Å². The average molecular weight is 276 g/mol. The Kier molecular flexibility index (Phi) is 3.88. The molecular formula is C15H17FN2O2. The van der Waals surface area contributed by atoms with Gasteiger partial charge in [-0.1, -0.05) is 6.07 Å². The highest BCUT2D eigenvalue weighted by atomic mass is 19.1. The Labute approximate surface area is 117 Å². The monoisotopic (exact) mass is 276 g/mol. The van der Waals surface area contributed by atoms with Crippen LogP contribution in [0.5, 0.6) is 5.75 Å². The Morgan fingerprint density at radius 1 is 1.40 bits per heavy atom. The van der Waals surface area contributed by atoms with E-state index in [0.717, 1.165) is 17.0 Å². The molecule has 0 aliphatic rings. The van der Waals surface area contributed by atoms with Crippen molar-refractivity contribution in [3.63, 3.8) is 0 Å². The molecule has 5 heteroatoms. The van der Waals surface area contributed by atoms with E-state index in [1.165, 1.54) is 19.2 Å². The molecule has 0 saturated carbocycles. The fourth-order valence-electron chi connectivity index (χ4n) is 2.21. The Bertz CT molecular complexity index is 662. The molecule has 0 amide bonds. The summed E-state index contributed by atoms with van der Waals surface area (Å²) in [5.41, 5.74) is 2.60. The lowest BCUT2D eigenvalue weighted by Crippen LogP contribution is -2.08. The summed E-state index contributed by atoms with van der Waals surface area (Å²) in [5.74, 6) is -0.810. The predicted molar refractivity (Wildman–Crippen MR) is 73.7 cm³/mol. The topological polar surface area (TPSA) is 44.1 Å². The van der Waals surface area contributed by atoms with Crippen LogP contribution >= 0.6 is 0 Å². The van der Waals surface area contributed by atoms with Crippen LogP contribution in [0.1, 0.15) is 27.3 Å². The van der Waals surface area contributed by atoms with Gasteiger partial charge in [-0.2, -0.15) is 5.10 Å². The van der Waals surface area contributed by atoms with Crippen LogP contribution in [0.3, 0.4) is 0 Å². The van der Waals surface area contributed by atoms with E-state index in [0.29, 0.717) is 0 Å². The summed E-state index contributed by atoms with van der Waals surface area (Å²) in [4.78, 5) is 12.3. The van der Waals surface area contributed by atoms with Crippen molar-refractivity contribution in [2.24, 2.45) is 7.05 Å². The van der Waals surface area contributed by atoms with Gasteiger partial charge in [0.25, 0.3) is 0 Å². The number of ketones is 1. The van der Waals surface area contributed by atoms with Crippen LogP contribution < -0.4 is 4.74 Å². The van der Waals surface area contributed by atoms with E-state index in [9.17, 15) is 9.18 Å². The zero-order chi connectivity index (χ0) is 14.9. The quantitative estimate of drug-likeness (QED) is 0.806. The first-order valence-corrected chi connectivity index (χ1v) is 6.30. The van der Waals surface area contributed by atoms with Gasteiger partial charge < -0.3 is 4.74 Å². The molecule has 2 aromatic rings. The Hall–Kier alpha value is -2.17. The second-order valence-corrected chi connectivity index (χ2v) is 4.69. The molecule has 1 heterocycles. The van der Waals surface area contributed by atoms with E-state index in [1.54, 1.807) is 10.7 Å². The van der Waals surface area contributed by atoms with E-state index in [1.807, 2.05) is 20.9 Å². The lowest BCUT2D eigenvalue weighted by Gasteiger charge is -2.07. The van der Waals surface area contributed by atoms with Crippen molar-refractivity contribution in [2.45, 2.75) is 20.3 Å². The van der Waals surface area contributed by atoms with E-state index in [4.69, 9.17) is 4.74 Å². The maximum absolute atomic E-state index is 14.1. The second kappa shape index (κ2) is 5.45. The molecule has 0 saturated heterocycles. The van der Waals surface area contributed by atoms with Crippen LogP contribution in [0.2, 0.25) is 0 Å². The van der Waals surface area contributed by atoms with Gasteiger partial charge in [0.05, 0.1) is 18.4 Å². The van der Waals surface area contributed by atoms with Crippen molar-refractivity contribution in [3.8, 4) is 5.75 Å². The molecule has 0 aliphatic heterocycles. The van der Waals surface area contributed by atoms with Crippen molar-refractivity contribution in [1.82, 2.24) is 9.78 Å². The number of benzene rings is 1. The number of methoxy groups -OCH3 is 1. The standard InChI is InChI=1S/C15H17FN2O2/c1-9-12(10(2)18(3)17-9)8-13(19)11-6-5-7-14(20-4)15(11)16/h5-7H,8H2,1-4H3. The van der Waals surface area contributed by atoms with E-state index >= 15 is 0 Å². The highest BCUT2D eigenvalue weighted by Crippen LogP contribution is 2.22. The van der Waals surface area contributed by atoms with Crippen molar-refractivity contribution >= 4 is 5.78 Å². The highest BCUT2D eigenvalue weighted by Gasteiger charge is 2.19. The van der Waals surface area contributed by atoms with Crippen molar-refractivity contribution < 1.29 is 13.9 Å². The van der Waals surface area contributed by atoms with Gasteiger partial charge in [-0.25, -0.2) is 4.39 Å². The Morgan fingerprint density at radius 3 is 2.65 bits per heavy atom. The molecule has 0 bridgehead atoms. The number of aromatic nitrogens is 2. The number of carbonyl (C=O) groups is 1. The van der Waals surface area contributed by atoms with Crippen LogP contribution in [0.15, 0.2) is 18.2 Å². The summed E-state index contributed by atoms with van der Waals surface area (Å²) in [6.07, 6.45) is 0.135. The smallest absolute Gasteiger partial charge is 0.175 e. The zero-order valence-corrected chi connectivity index (χ0v) is 12.0. The first kappa shape index (κ1) is 14.2. The number of hydrogen-bond acceptors (Lipinski definition) is 3. The lowest BCUT2D eigenvalue weighted by atomic mass is 10.0. The highest BCUT2D eigenvalue weighted by molar-refractivity contribution is 5.98. The predicted octanol–water partition coefficient (Wildman–Crippen LogP) is 2.61. The molecule has 106 valence electrons. The molecular weight excluding hydrogens is 259 g/mol. The molecule has 0 spiro atoms. The molecule has 20 heavy (non-hydrogen) atoms. The minimum Gasteiger partial charge on any atom is -0.494 e. The Balaban J connectivity index is 2.33. The normalized spacial score (nSPS) is 10.7. The van der Waals surface area contributed by atoms with Gasteiger partial charge in [0, 0.05) is 24.7 Å². The Morgan fingerprint density at radius 2 is 2.10 bits per heavy atom. The summed E-state index contributed by atoms with van der Waals surface area (Å²) in [6.45, 7) is 3.74. The molecule has 2 rings (SSSR count). The second-order valence-electron chi connectivity index (χ2n) is 4.69. The molecule has 0 radical (unpaired) electrons. The zero-order valence-electron chi connectivity index (χ0n) is 12.0. The van der Waals surface area contributed by atoms with E-state index in [2.05, 4.69) is 5.10 Å². The molecule has 0 N–H and O–H groups in total. The minimum atomic E-state index is -0.612. The summed E-state index contributed by atoms with van der Waals surface area (Å²) in [6, 6.07) is 4.58. The molecule has 4 nitrogen and oxygen atoms in total. The van der Waals surface area contributed by atoms with Crippen LogP contribution in [0.4, 0.5) is 4.39 Å². The number of aryl methyl sites for hydroxylation is 2. The number of halogens is 1. The van der Waals surface area contributed by atoms with Crippen molar-refractivity contribution in [1.29, 1.82) is 0 Å². The van der Waals surface area contributed by atoms with Gasteiger partial charge >= 0.3 is 0 Å². The summed E-state index contributed by atoms with van der Waals surface area (Å²) >= 11 is 0. The van der Waals surface area contributed by atoms with Gasteiger partial charge in [0.15, 0.2) is 17.3 Å². The third-order valence-electron chi connectivity index (χ3n) is 3.48. The van der Waals surface area contributed by atoms with Crippen LogP contribution in [-0.2, 0) is 13.5 Å². The molecule has 0 aliphatic carbocycles. The van der Waals surface area contributed by atoms with Gasteiger partial charge in [0.1, 0.15) is 0 Å². The third-order valence-corrected chi connectivity index (χ3v) is 3.48. The number of Topliss-reactive ketones (excluding diaryl/α,β-unsaturated/α-hetero) is 1. The van der Waals surface area contributed by atoms with Gasteiger partial charge in [-0.15, -0.1) is 0 Å². The van der Waals surface area contributed by atoms with Gasteiger partial charge in [-0.3, -0.25) is 9.48 Å². The van der Waals surface area contributed by atoms with Gasteiger partial charge in [0.2, 0.25) is 0 Å². The van der Waals surface area contributed by atoms with Crippen molar-refractivity contribution in [2.75, 3.05) is 7.11 Å². The minimum absolute atomic E-state index is 0.0482. The fraction of sp³-hybridized carbons (Fsp3) is 0.333. The molecule has 1 aromatic carbocycles. The summed E-state index contributed by atoms with van der Waals surface area (Å²) < 4.78 is 20.7. The summed E-state index contributed by atoms with van der Waals surface area (Å²) in [7, 11) is 3.20. The fourth-order valence-corrected chi connectivity index (χ4v) is 2.21. The molecule has 0 fully saturated rings. The largest absolute Gasteiger partial charge is 0.494 e.